The van der Waals surface area contributed by atoms with Crippen LogP contribution in [-0.2, 0) is 5.41 Å². The van der Waals surface area contributed by atoms with Gasteiger partial charge in [-0.1, -0.05) is 200 Å². The molecule has 1 aromatic heterocycles. The highest BCUT2D eigenvalue weighted by Crippen LogP contribution is 2.65. The topological polar surface area (TPSA) is 47.9 Å². The second-order valence-electron chi connectivity index (χ2n) is 16.3. The maximum atomic E-state index is 7.03. The number of nitrogens with zero attached hydrogens (tertiary/aromatic N) is 3. The Balaban J connectivity index is 0.963. The molecule has 9 aromatic rings. The second kappa shape index (κ2) is 14.6. The molecule has 4 heteroatoms. The molecule has 0 saturated heterocycles. The first-order chi connectivity index (χ1) is 30.7. The van der Waals surface area contributed by atoms with Crippen molar-refractivity contribution in [2.24, 2.45) is 5.92 Å². The monoisotopic (exact) mass is 793 g/mol. The van der Waals surface area contributed by atoms with Gasteiger partial charge in [-0.25, -0.2) is 15.0 Å². The Bertz CT molecular complexity index is 3240. The van der Waals surface area contributed by atoms with E-state index in [9.17, 15) is 0 Å². The van der Waals surface area contributed by atoms with Gasteiger partial charge >= 0.3 is 0 Å². The van der Waals surface area contributed by atoms with E-state index in [0.717, 1.165) is 61.6 Å². The van der Waals surface area contributed by atoms with E-state index in [0.29, 0.717) is 17.5 Å². The van der Waals surface area contributed by atoms with Crippen molar-refractivity contribution in [2.75, 3.05) is 0 Å². The largest absolute Gasteiger partial charge is 0.456 e. The number of benzene rings is 8. The molecule has 0 saturated carbocycles. The van der Waals surface area contributed by atoms with Gasteiger partial charge in [0.25, 0.3) is 0 Å². The van der Waals surface area contributed by atoms with Gasteiger partial charge in [-0.15, -0.1) is 0 Å². The molecule has 12 rings (SSSR count). The number of allylic oxidation sites excluding steroid dienone is 4. The van der Waals surface area contributed by atoms with Crippen LogP contribution in [0.4, 0.5) is 0 Å². The fraction of sp³-hybridized carbons (Fsp3) is 0.0517. The molecule has 1 spiro atoms. The van der Waals surface area contributed by atoms with Crippen molar-refractivity contribution in [3.8, 4) is 79.0 Å². The van der Waals surface area contributed by atoms with Gasteiger partial charge in [0.1, 0.15) is 11.5 Å². The smallest absolute Gasteiger partial charge is 0.164 e. The predicted octanol–water partition coefficient (Wildman–Crippen LogP) is 14.2. The van der Waals surface area contributed by atoms with Gasteiger partial charge in [0.05, 0.1) is 5.41 Å². The van der Waals surface area contributed by atoms with Crippen molar-refractivity contribution in [1.29, 1.82) is 0 Å². The molecular weight excluding hydrogens is 755 g/mol. The Kier molecular flexibility index (Phi) is 8.49. The quantitative estimate of drug-likeness (QED) is 0.168. The maximum absolute atomic E-state index is 7.03. The summed E-state index contributed by atoms with van der Waals surface area (Å²) in [6.45, 7) is 0. The number of hydrogen-bond acceptors (Lipinski definition) is 4. The summed E-state index contributed by atoms with van der Waals surface area (Å²) in [6, 6.07) is 70.6. The summed E-state index contributed by atoms with van der Waals surface area (Å²) in [7, 11) is 0. The summed E-state index contributed by atoms with van der Waals surface area (Å²) in [5.41, 5.74) is 14.1. The van der Waals surface area contributed by atoms with Gasteiger partial charge in [-0.05, 0) is 63.2 Å². The molecule has 2 aliphatic carbocycles. The highest BCUT2D eigenvalue weighted by Gasteiger charge is 2.56. The molecule has 0 fully saturated rings. The molecule has 3 atom stereocenters. The van der Waals surface area contributed by atoms with E-state index < -0.39 is 5.41 Å². The van der Waals surface area contributed by atoms with Gasteiger partial charge in [-0.2, -0.15) is 0 Å². The highest BCUT2D eigenvalue weighted by atomic mass is 16.5. The van der Waals surface area contributed by atoms with Crippen LogP contribution in [0.15, 0.2) is 224 Å². The molecule has 8 aromatic carbocycles. The number of para-hydroxylation sites is 2. The van der Waals surface area contributed by atoms with Crippen molar-refractivity contribution < 1.29 is 4.74 Å². The van der Waals surface area contributed by atoms with Crippen LogP contribution in [-0.4, -0.2) is 15.0 Å². The van der Waals surface area contributed by atoms with E-state index in [-0.39, 0.29) is 11.8 Å². The van der Waals surface area contributed by atoms with Crippen molar-refractivity contribution in [3.05, 3.63) is 247 Å². The van der Waals surface area contributed by atoms with Gasteiger partial charge < -0.3 is 4.74 Å². The van der Waals surface area contributed by atoms with Gasteiger partial charge in [0, 0.05) is 45.2 Å². The zero-order valence-corrected chi connectivity index (χ0v) is 33.8. The minimum absolute atomic E-state index is 0.212. The molecule has 0 radical (unpaired) electrons. The highest BCUT2D eigenvalue weighted by molar-refractivity contribution is 5.83. The molecule has 4 nitrogen and oxygen atoms in total. The van der Waals surface area contributed by atoms with Crippen molar-refractivity contribution >= 4 is 0 Å². The van der Waals surface area contributed by atoms with Gasteiger partial charge in [-0.3, -0.25) is 0 Å². The molecule has 2 heterocycles. The fourth-order valence-electron chi connectivity index (χ4n) is 10.1. The summed E-state index contributed by atoms with van der Waals surface area (Å²) in [6.07, 6.45) is 9.21. The lowest BCUT2D eigenvalue weighted by Crippen LogP contribution is -2.37. The lowest BCUT2D eigenvalue weighted by molar-refractivity contribution is 0.375. The molecule has 0 N–H and O–H groups in total. The molecule has 3 unspecified atom stereocenters. The van der Waals surface area contributed by atoms with Crippen molar-refractivity contribution in [2.45, 2.75) is 11.3 Å². The van der Waals surface area contributed by atoms with Gasteiger partial charge in [0.2, 0.25) is 0 Å². The zero-order valence-electron chi connectivity index (χ0n) is 33.8. The van der Waals surface area contributed by atoms with Gasteiger partial charge in [0.15, 0.2) is 17.5 Å². The molecule has 0 amide bonds. The summed E-state index contributed by atoms with van der Waals surface area (Å²) in [5.74, 6) is 4.19. The molecule has 1 aliphatic heterocycles. The van der Waals surface area contributed by atoms with E-state index >= 15 is 0 Å². The standard InChI is InChI=1S/C58H39N3O/c1-3-17-38(18-4-1)40-21-14-25-44(36-40)56-59-55(39-19-5-2-6-20-39)60-57(61-56)45-26-15-23-42(37-45)41-22-13-24-43(35-41)46-29-16-33-52-54(46)62-53-34-12-11-32-51(53)58(52)49-30-9-7-27-47(49)48-28-8-10-31-50(48)58/h1-37,47,49H. The van der Waals surface area contributed by atoms with Crippen molar-refractivity contribution in [1.82, 2.24) is 15.0 Å². The Morgan fingerprint density at radius 2 is 0.855 bits per heavy atom. The Labute approximate surface area is 361 Å². The molecule has 3 aliphatic rings. The predicted molar refractivity (Wildman–Crippen MR) is 250 cm³/mol. The first-order valence-corrected chi connectivity index (χ1v) is 21.3. The van der Waals surface area contributed by atoms with Crippen LogP contribution in [0, 0.1) is 5.92 Å². The number of ether oxygens (including phenoxy) is 1. The minimum atomic E-state index is -0.403. The van der Waals surface area contributed by atoms with Crippen LogP contribution in [0.1, 0.15) is 28.2 Å². The zero-order chi connectivity index (χ0) is 41.0. The summed E-state index contributed by atoms with van der Waals surface area (Å²) >= 11 is 0. The van der Waals surface area contributed by atoms with E-state index in [1.54, 1.807) is 0 Å². The van der Waals surface area contributed by atoms with E-state index in [1.807, 2.05) is 36.4 Å². The molecule has 292 valence electrons. The lowest BCUT2D eigenvalue weighted by Gasteiger charge is -2.43. The Morgan fingerprint density at radius 3 is 1.56 bits per heavy atom. The first kappa shape index (κ1) is 35.9. The summed E-state index contributed by atoms with van der Waals surface area (Å²) in [5, 5.41) is 0. The van der Waals surface area contributed by atoms with Crippen LogP contribution in [0.2, 0.25) is 0 Å². The third kappa shape index (κ3) is 5.79. The third-order valence-corrected chi connectivity index (χ3v) is 12.9. The Hall–Kier alpha value is -7.95. The average molecular weight is 794 g/mol. The van der Waals surface area contributed by atoms with Crippen LogP contribution in [0.5, 0.6) is 11.5 Å². The Morgan fingerprint density at radius 1 is 0.371 bits per heavy atom. The van der Waals surface area contributed by atoms with Crippen LogP contribution >= 0.6 is 0 Å². The average Bonchev–Trinajstić information content (AvgIpc) is 3.65. The van der Waals surface area contributed by atoms with E-state index in [2.05, 4.69) is 188 Å². The number of aromatic nitrogens is 3. The molecule has 0 bridgehead atoms. The number of fused-ring (bicyclic) bond motifs is 9. The normalized spacial score (nSPS) is 17.7. The maximum Gasteiger partial charge on any atom is 0.164 e. The van der Waals surface area contributed by atoms with E-state index in [1.165, 1.54) is 22.3 Å². The summed E-state index contributed by atoms with van der Waals surface area (Å²) in [4.78, 5) is 15.2. The lowest BCUT2D eigenvalue weighted by atomic mass is 9.61. The first-order valence-electron chi connectivity index (χ1n) is 21.3. The molecular formula is C58H39N3O. The third-order valence-electron chi connectivity index (χ3n) is 12.9. The fourth-order valence-corrected chi connectivity index (χ4v) is 10.1. The second-order valence-corrected chi connectivity index (χ2v) is 16.3. The number of hydrogen-bond donors (Lipinski definition) is 0. The van der Waals surface area contributed by atoms with Crippen LogP contribution in [0.25, 0.3) is 67.5 Å². The van der Waals surface area contributed by atoms with Crippen LogP contribution < -0.4 is 4.74 Å². The molecule has 62 heavy (non-hydrogen) atoms. The van der Waals surface area contributed by atoms with E-state index in [4.69, 9.17) is 19.7 Å². The SMILES string of the molecule is C1=CC2c3ccccc3C3(c4ccccc4Oc4c(-c5cccc(-c6cccc(-c7nc(-c8ccccc8)nc(-c8cccc(-c9ccccc9)c8)n7)c6)c5)cccc43)C2C=C1. The summed E-state index contributed by atoms with van der Waals surface area (Å²) < 4.78 is 7.03. The van der Waals surface area contributed by atoms with Crippen molar-refractivity contribution in [3.63, 3.8) is 0 Å². The van der Waals surface area contributed by atoms with Crippen LogP contribution in [0.3, 0.4) is 0 Å². The minimum Gasteiger partial charge on any atom is -0.456 e. The number of rotatable bonds is 6.